The average Bonchev–Trinajstić information content (AvgIpc) is 2.33. The molecule has 2 rings (SSSR count). The van der Waals surface area contributed by atoms with Crippen LogP contribution >= 0.6 is 11.6 Å². The summed E-state index contributed by atoms with van der Waals surface area (Å²) < 4.78 is 0. The summed E-state index contributed by atoms with van der Waals surface area (Å²) in [5.74, 6) is -0.836. The SMILES string of the molecule is N#Cc1ccc(NC(=O)N2CC(CC(=O)O)C2)cc1Cl. The molecule has 0 radical (unpaired) electrons. The van der Waals surface area contributed by atoms with Crippen molar-refractivity contribution in [2.45, 2.75) is 6.42 Å². The molecule has 7 heteroatoms. The van der Waals surface area contributed by atoms with Crippen molar-refractivity contribution >= 4 is 29.3 Å². The van der Waals surface area contributed by atoms with Gasteiger partial charge < -0.3 is 15.3 Å². The van der Waals surface area contributed by atoms with Gasteiger partial charge in [0.05, 0.1) is 17.0 Å². The molecule has 0 unspecified atom stereocenters. The molecule has 0 atom stereocenters. The van der Waals surface area contributed by atoms with E-state index < -0.39 is 5.97 Å². The van der Waals surface area contributed by atoms with E-state index in [0.29, 0.717) is 24.3 Å². The van der Waals surface area contributed by atoms with E-state index >= 15 is 0 Å². The zero-order valence-electron chi connectivity index (χ0n) is 10.5. The van der Waals surface area contributed by atoms with Crippen LogP contribution in [0.4, 0.5) is 10.5 Å². The third kappa shape index (κ3) is 3.19. The molecule has 0 spiro atoms. The minimum atomic E-state index is -0.853. The topological polar surface area (TPSA) is 93.4 Å². The van der Waals surface area contributed by atoms with Gasteiger partial charge in [0.2, 0.25) is 0 Å². The van der Waals surface area contributed by atoms with E-state index in [-0.39, 0.29) is 23.4 Å². The number of amides is 2. The summed E-state index contributed by atoms with van der Waals surface area (Å²) in [5.41, 5.74) is 0.843. The smallest absolute Gasteiger partial charge is 0.321 e. The van der Waals surface area contributed by atoms with Crippen molar-refractivity contribution in [3.05, 3.63) is 28.8 Å². The fraction of sp³-hybridized carbons (Fsp3) is 0.308. The Balaban J connectivity index is 1.89. The normalized spacial score (nSPS) is 14.3. The zero-order valence-corrected chi connectivity index (χ0v) is 11.2. The maximum Gasteiger partial charge on any atom is 0.321 e. The first-order valence-corrected chi connectivity index (χ1v) is 6.34. The number of rotatable bonds is 3. The van der Waals surface area contributed by atoms with Gasteiger partial charge >= 0.3 is 12.0 Å². The van der Waals surface area contributed by atoms with Gasteiger partial charge in [0.15, 0.2) is 0 Å². The first kappa shape index (κ1) is 14.2. The fourth-order valence-electron chi connectivity index (χ4n) is 2.00. The molecule has 1 aromatic rings. The minimum absolute atomic E-state index is 0.0165. The third-order valence-corrected chi connectivity index (χ3v) is 3.36. The number of carboxylic acid groups (broad SMARTS) is 1. The number of anilines is 1. The minimum Gasteiger partial charge on any atom is -0.481 e. The van der Waals surface area contributed by atoms with E-state index in [1.165, 1.54) is 17.0 Å². The van der Waals surface area contributed by atoms with Crippen molar-refractivity contribution in [2.75, 3.05) is 18.4 Å². The van der Waals surface area contributed by atoms with Crippen LogP contribution < -0.4 is 5.32 Å². The number of carbonyl (C=O) groups is 2. The Bertz CT molecular complexity index is 591. The Labute approximate surface area is 120 Å². The van der Waals surface area contributed by atoms with Crippen molar-refractivity contribution in [2.24, 2.45) is 5.92 Å². The number of carbonyl (C=O) groups excluding carboxylic acids is 1. The highest BCUT2D eigenvalue weighted by atomic mass is 35.5. The predicted molar refractivity (Wildman–Crippen MR) is 72.5 cm³/mol. The molecule has 0 aliphatic carbocycles. The summed E-state index contributed by atoms with van der Waals surface area (Å²) in [5, 5.41) is 20.3. The number of halogens is 1. The van der Waals surface area contributed by atoms with Crippen LogP contribution in [0.5, 0.6) is 0 Å². The molecule has 1 saturated heterocycles. The maximum absolute atomic E-state index is 11.9. The van der Waals surface area contributed by atoms with Gasteiger partial charge in [0.1, 0.15) is 6.07 Å². The van der Waals surface area contributed by atoms with Crippen molar-refractivity contribution in [3.8, 4) is 6.07 Å². The lowest BCUT2D eigenvalue weighted by Crippen LogP contribution is -2.52. The van der Waals surface area contributed by atoms with Gasteiger partial charge in [0, 0.05) is 24.7 Å². The molecule has 2 N–H and O–H groups in total. The number of nitriles is 1. The van der Waals surface area contributed by atoms with Crippen LogP contribution in [-0.2, 0) is 4.79 Å². The molecule has 2 amide bonds. The number of nitrogens with zero attached hydrogens (tertiary/aromatic N) is 2. The second-order valence-corrected chi connectivity index (χ2v) is 5.01. The molecular weight excluding hydrogens is 282 g/mol. The van der Waals surface area contributed by atoms with Gasteiger partial charge in [-0.1, -0.05) is 11.6 Å². The van der Waals surface area contributed by atoms with E-state index in [1.54, 1.807) is 6.07 Å². The Morgan fingerprint density at radius 2 is 2.20 bits per heavy atom. The summed E-state index contributed by atoms with van der Waals surface area (Å²) in [6.07, 6.45) is 0.0759. The molecule has 1 fully saturated rings. The summed E-state index contributed by atoms with van der Waals surface area (Å²) in [7, 11) is 0. The molecular formula is C13H12ClN3O3. The number of aliphatic carboxylic acids is 1. The third-order valence-electron chi connectivity index (χ3n) is 3.05. The molecule has 0 bridgehead atoms. The van der Waals surface area contributed by atoms with E-state index in [2.05, 4.69) is 5.32 Å². The Morgan fingerprint density at radius 3 is 2.75 bits per heavy atom. The van der Waals surface area contributed by atoms with Crippen LogP contribution in [0.2, 0.25) is 5.02 Å². The summed E-state index contributed by atoms with van der Waals surface area (Å²) in [6.45, 7) is 0.865. The van der Waals surface area contributed by atoms with Crippen LogP contribution in [-0.4, -0.2) is 35.1 Å². The Hall–Kier alpha value is -2.26. The number of hydrogen-bond donors (Lipinski definition) is 2. The van der Waals surface area contributed by atoms with Crippen LogP contribution in [0.1, 0.15) is 12.0 Å². The number of likely N-dealkylation sites (tertiary alicyclic amines) is 1. The van der Waals surface area contributed by atoms with Gasteiger partial charge in [-0.15, -0.1) is 0 Å². The van der Waals surface area contributed by atoms with Crippen molar-refractivity contribution in [1.82, 2.24) is 4.90 Å². The number of benzene rings is 1. The molecule has 1 aliphatic heterocycles. The summed E-state index contributed by atoms with van der Waals surface area (Å²) >= 11 is 5.87. The molecule has 1 heterocycles. The van der Waals surface area contributed by atoms with Gasteiger partial charge in [-0.05, 0) is 18.2 Å². The van der Waals surface area contributed by atoms with Gasteiger partial charge in [0.25, 0.3) is 0 Å². The monoisotopic (exact) mass is 293 g/mol. The first-order valence-electron chi connectivity index (χ1n) is 5.97. The van der Waals surface area contributed by atoms with E-state index in [9.17, 15) is 9.59 Å². The molecule has 104 valence electrons. The lowest BCUT2D eigenvalue weighted by molar-refractivity contribution is -0.139. The highest BCUT2D eigenvalue weighted by molar-refractivity contribution is 6.32. The standard InChI is InChI=1S/C13H12ClN3O3/c14-11-4-10(2-1-9(11)5-15)16-13(20)17-6-8(7-17)3-12(18)19/h1-2,4,8H,3,6-7H2,(H,16,20)(H,18,19). The van der Waals surface area contributed by atoms with Gasteiger partial charge in [-0.2, -0.15) is 5.26 Å². The Kier molecular flexibility index (Phi) is 4.11. The van der Waals surface area contributed by atoms with Crippen LogP contribution in [0, 0.1) is 17.2 Å². The number of nitrogens with one attached hydrogen (secondary N) is 1. The molecule has 0 saturated carbocycles. The highest BCUT2D eigenvalue weighted by Gasteiger charge is 2.32. The first-order chi connectivity index (χ1) is 9.49. The molecule has 6 nitrogen and oxygen atoms in total. The second-order valence-electron chi connectivity index (χ2n) is 4.61. The van der Waals surface area contributed by atoms with Gasteiger partial charge in [-0.25, -0.2) is 4.79 Å². The fourth-order valence-corrected chi connectivity index (χ4v) is 2.22. The highest BCUT2D eigenvalue weighted by Crippen LogP contribution is 2.23. The van der Waals surface area contributed by atoms with Crippen LogP contribution in [0.15, 0.2) is 18.2 Å². The van der Waals surface area contributed by atoms with Gasteiger partial charge in [-0.3, -0.25) is 4.79 Å². The molecule has 1 aliphatic rings. The maximum atomic E-state index is 11.9. The van der Waals surface area contributed by atoms with Crippen molar-refractivity contribution in [1.29, 1.82) is 5.26 Å². The van der Waals surface area contributed by atoms with E-state index in [1.807, 2.05) is 6.07 Å². The lowest BCUT2D eigenvalue weighted by atomic mass is 9.97. The summed E-state index contributed by atoms with van der Waals surface area (Å²) in [6, 6.07) is 6.27. The van der Waals surface area contributed by atoms with Crippen LogP contribution in [0.3, 0.4) is 0 Å². The predicted octanol–water partition coefficient (Wildman–Crippen LogP) is 2.15. The molecule has 20 heavy (non-hydrogen) atoms. The average molecular weight is 294 g/mol. The lowest BCUT2D eigenvalue weighted by Gasteiger charge is -2.38. The largest absolute Gasteiger partial charge is 0.481 e. The van der Waals surface area contributed by atoms with E-state index in [4.69, 9.17) is 22.0 Å². The van der Waals surface area contributed by atoms with Crippen LogP contribution in [0.25, 0.3) is 0 Å². The zero-order chi connectivity index (χ0) is 14.7. The number of carboxylic acids is 1. The van der Waals surface area contributed by atoms with Crippen molar-refractivity contribution in [3.63, 3.8) is 0 Å². The van der Waals surface area contributed by atoms with E-state index in [0.717, 1.165) is 0 Å². The number of hydrogen-bond acceptors (Lipinski definition) is 3. The molecule has 0 aromatic heterocycles. The molecule has 1 aromatic carbocycles. The quantitative estimate of drug-likeness (QED) is 0.893. The summed E-state index contributed by atoms with van der Waals surface area (Å²) in [4.78, 5) is 23.9. The Morgan fingerprint density at radius 1 is 1.50 bits per heavy atom. The number of urea groups is 1. The van der Waals surface area contributed by atoms with Crippen molar-refractivity contribution < 1.29 is 14.7 Å². The second kappa shape index (κ2) is 5.80.